The molecular weight excluding hydrogens is 388 g/mol. The van der Waals surface area contributed by atoms with Crippen LogP contribution in [0.5, 0.6) is 0 Å². The van der Waals surface area contributed by atoms with Gasteiger partial charge in [-0.15, -0.1) is 0 Å². The first kappa shape index (κ1) is 19.2. The third-order valence-electron chi connectivity index (χ3n) is 5.10. The van der Waals surface area contributed by atoms with Crippen LogP contribution in [-0.2, 0) is 0 Å². The van der Waals surface area contributed by atoms with Gasteiger partial charge in [-0.3, -0.25) is 14.6 Å². The van der Waals surface area contributed by atoms with E-state index in [-0.39, 0.29) is 17.5 Å². The lowest BCUT2D eigenvalue weighted by Crippen LogP contribution is -2.48. The summed E-state index contributed by atoms with van der Waals surface area (Å²) in [5, 5.41) is 3.70. The van der Waals surface area contributed by atoms with E-state index >= 15 is 0 Å². The third kappa shape index (κ3) is 4.32. The number of benzene rings is 1. The van der Waals surface area contributed by atoms with Gasteiger partial charge >= 0.3 is 0 Å². The van der Waals surface area contributed by atoms with Gasteiger partial charge in [0.1, 0.15) is 5.56 Å². The van der Waals surface area contributed by atoms with Crippen LogP contribution >= 0.6 is 11.6 Å². The number of carbonyl (C=O) groups excluding carboxylic acids is 1. The van der Waals surface area contributed by atoms with E-state index in [4.69, 9.17) is 11.6 Å². The van der Waals surface area contributed by atoms with Crippen molar-refractivity contribution in [2.75, 3.05) is 18.0 Å². The molecule has 0 saturated carbocycles. The number of carbonyl (C=O) groups is 1. The van der Waals surface area contributed by atoms with Crippen LogP contribution in [0.4, 0.5) is 5.69 Å². The van der Waals surface area contributed by atoms with Crippen molar-refractivity contribution in [3.63, 3.8) is 0 Å². The van der Waals surface area contributed by atoms with E-state index in [1.807, 2.05) is 24.3 Å². The quantitative estimate of drug-likeness (QED) is 0.692. The summed E-state index contributed by atoms with van der Waals surface area (Å²) >= 11 is 6.31. The fraction of sp³-hybridized carbons (Fsp3) is 0.227. The smallest absolute Gasteiger partial charge is 0.261 e. The molecule has 0 radical (unpaired) electrons. The van der Waals surface area contributed by atoms with E-state index < -0.39 is 5.56 Å². The molecule has 3 aromatic rings. The minimum absolute atomic E-state index is 0.0493. The van der Waals surface area contributed by atoms with E-state index in [9.17, 15) is 9.59 Å². The second-order valence-electron chi connectivity index (χ2n) is 7.06. The average Bonchev–Trinajstić information content (AvgIpc) is 2.75. The first-order valence-corrected chi connectivity index (χ1v) is 9.93. The number of H-pyrrole nitrogens is 1. The number of amides is 1. The molecule has 6 nitrogen and oxygen atoms in total. The Morgan fingerprint density at radius 1 is 1.14 bits per heavy atom. The molecule has 0 bridgehead atoms. The van der Waals surface area contributed by atoms with E-state index in [1.165, 1.54) is 0 Å². The van der Waals surface area contributed by atoms with Crippen LogP contribution in [0.15, 0.2) is 65.7 Å². The Hall–Kier alpha value is -3.12. The fourth-order valence-corrected chi connectivity index (χ4v) is 3.89. The SMILES string of the molecule is O=C(NC1CCCN(c2ccccc2Cl)C1)c1ccc(-c2ccncc2)[nH]c1=O. The van der Waals surface area contributed by atoms with Gasteiger partial charge in [0, 0.05) is 42.8 Å². The first-order valence-electron chi connectivity index (χ1n) is 9.56. The lowest BCUT2D eigenvalue weighted by atomic mass is 10.0. The van der Waals surface area contributed by atoms with Crippen molar-refractivity contribution in [3.05, 3.63) is 81.9 Å². The van der Waals surface area contributed by atoms with Crippen molar-refractivity contribution < 1.29 is 4.79 Å². The second-order valence-corrected chi connectivity index (χ2v) is 7.47. The minimum atomic E-state index is -0.407. The van der Waals surface area contributed by atoms with Gasteiger partial charge < -0.3 is 15.2 Å². The van der Waals surface area contributed by atoms with Crippen molar-refractivity contribution in [2.24, 2.45) is 0 Å². The molecule has 4 rings (SSSR count). The molecule has 2 aromatic heterocycles. The summed E-state index contributed by atoms with van der Waals surface area (Å²) in [5.41, 5.74) is 2.16. The molecule has 148 valence electrons. The zero-order valence-electron chi connectivity index (χ0n) is 15.8. The monoisotopic (exact) mass is 408 g/mol. The van der Waals surface area contributed by atoms with Gasteiger partial charge in [0.25, 0.3) is 11.5 Å². The summed E-state index contributed by atoms with van der Waals surface area (Å²) in [5.74, 6) is -0.362. The summed E-state index contributed by atoms with van der Waals surface area (Å²) in [4.78, 5) is 34.1. The van der Waals surface area contributed by atoms with Crippen LogP contribution < -0.4 is 15.8 Å². The topological polar surface area (TPSA) is 78.1 Å². The molecule has 0 aliphatic carbocycles. The zero-order chi connectivity index (χ0) is 20.2. The third-order valence-corrected chi connectivity index (χ3v) is 5.41. The molecule has 0 spiro atoms. The van der Waals surface area contributed by atoms with E-state index in [1.54, 1.807) is 36.7 Å². The van der Waals surface area contributed by atoms with Gasteiger partial charge in [0.2, 0.25) is 0 Å². The maximum Gasteiger partial charge on any atom is 0.261 e. The molecule has 2 N–H and O–H groups in total. The molecule has 1 atom stereocenters. The number of aromatic nitrogens is 2. The molecule has 1 aliphatic heterocycles. The number of hydrogen-bond acceptors (Lipinski definition) is 4. The Balaban J connectivity index is 1.46. The first-order chi connectivity index (χ1) is 14.1. The number of nitrogens with one attached hydrogen (secondary N) is 2. The number of rotatable bonds is 4. The highest BCUT2D eigenvalue weighted by atomic mass is 35.5. The van der Waals surface area contributed by atoms with Crippen LogP contribution in [0, 0.1) is 0 Å². The molecule has 1 aliphatic rings. The van der Waals surface area contributed by atoms with Gasteiger partial charge in [-0.05, 0) is 49.2 Å². The number of halogens is 1. The molecule has 1 saturated heterocycles. The van der Waals surface area contributed by atoms with Crippen molar-refractivity contribution in [2.45, 2.75) is 18.9 Å². The Morgan fingerprint density at radius 3 is 2.69 bits per heavy atom. The van der Waals surface area contributed by atoms with Crippen molar-refractivity contribution in [1.29, 1.82) is 0 Å². The summed E-state index contributed by atoms with van der Waals surface area (Å²) in [6, 6.07) is 14.6. The van der Waals surface area contributed by atoms with Crippen LogP contribution in [0.3, 0.4) is 0 Å². The van der Waals surface area contributed by atoms with Gasteiger partial charge in [-0.1, -0.05) is 23.7 Å². The van der Waals surface area contributed by atoms with Crippen molar-refractivity contribution in [3.8, 4) is 11.3 Å². The molecule has 1 amide bonds. The number of hydrogen-bond donors (Lipinski definition) is 2. The van der Waals surface area contributed by atoms with E-state index in [0.29, 0.717) is 17.3 Å². The second kappa shape index (κ2) is 8.49. The van der Waals surface area contributed by atoms with Gasteiger partial charge in [-0.25, -0.2) is 0 Å². The molecule has 1 aromatic carbocycles. The van der Waals surface area contributed by atoms with Crippen molar-refractivity contribution >= 4 is 23.2 Å². The predicted octanol–water partition coefficient (Wildman–Crippen LogP) is 3.49. The van der Waals surface area contributed by atoms with E-state index in [2.05, 4.69) is 20.2 Å². The van der Waals surface area contributed by atoms with Crippen LogP contribution in [0.25, 0.3) is 11.3 Å². The predicted molar refractivity (Wildman–Crippen MR) is 114 cm³/mol. The summed E-state index contributed by atoms with van der Waals surface area (Å²) in [7, 11) is 0. The largest absolute Gasteiger partial charge is 0.368 e. The molecular formula is C22H21ClN4O2. The summed E-state index contributed by atoms with van der Waals surface area (Å²) in [6.07, 6.45) is 5.11. The lowest BCUT2D eigenvalue weighted by Gasteiger charge is -2.35. The van der Waals surface area contributed by atoms with Crippen LogP contribution in [0.1, 0.15) is 23.2 Å². The number of anilines is 1. The average molecular weight is 409 g/mol. The minimum Gasteiger partial charge on any atom is -0.368 e. The van der Waals surface area contributed by atoms with Crippen molar-refractivity contribution in [1.82, 2.24) is 15.3 Å². The zero-order valence-corrected chi connectivity index (χ0v) is 16.5. The van der Waals surface area contributed by atoms with E-state index in [0.717, 1.165) is 30.6 Å². The fourth-order valence-electron chi connectivity index (χ4n) is 3.64. The Bertz CT molecular complexity index is 1070. The number of para-hydroxylation sites is 1. The Kier molecular flexibility index (Phi) is 5.62. The van der Waals surface area contributed by atoms with Gasteiger partial charge in [0.05, 0.1) is 10.7 Å². The number of aromatic amines is 1. The standard InChI is InChI=1S/C22H21ClN4O2/c23-18-5-1-2-6-20(18)27-13-3-4-16(14-27)25-21(28)17-7-8-19(26-22(17)29)15-9-11-24-12-10-15/h1-2,5-12,16H,3-4,13-14H2,(H,25,28)(H,26,29). The summed E-state index contributed by atoms with van der Waals surface area (Å²) < 4.78 is 0. The molecule has 1 unspecified atom stereocenters. The van der Waals surface area contributed by atoms with Gasteiger partial charge in [-0.2, -0.15) is 0 Å². The highest BCUT2D eigenvalue weighted by Crippen LogP contribution is 2.27. The molecule has 3 heterocycles. The number of piperidine rings is 1. The Morgan fingerprint density at radius 2 is 1.93 bits per heavy atom. The van der Waals surface area contributed by atoms with Crippen LogP contribution in [0.2, 0.25) is 5.02 Å². The lowest BCUT2D eigenvalue weighted by molar-refractivity contribution is 0.0931. The number of nitrogens with zero attached hydrogens (tertiary/aromatic N) is 2. The van der Waals surface area contributed by atoms with Crippen LogP contribution in [-0.4, -0.2) is 35.0 Å². The van der Waals surface area contributed by atoms with Gasteiger partial charge in [0.15, 0.2) is 0 Å². The molecule has 29 heavy (non-hydrogen) atoms. The highest BCUT2D eigenvalue weighted by molar-refractivity contribution is 6.33. The highest BCUT2D eigenvalue weighted by Gasteiger charge is 2.24. The normalized spacial score (nSPS) is 16.4. The maximum absolute atomic E-state index is 12.7. The molecule has 7 heteroatoms. The summed E-state index contributed by atoms with van der Waals surface area (Å²) in [6.45, 7) is 1.54. The number of pyridine rings is 2. The molecule has 1 fully saturated rings. The maximum atomic E-state index is 12.7. The Labute approximate surface area is 173 Å².